The van der Waals surface area contributed by atoms with Crippen molar-refractivity contribution in [3.05, 3.63) is 23.9 Å². The van der Waals surface area contributed by atoms with Gasteiger partial charge in [0.2, 0.25) is 0 Å². The Balaban J connectivity index is 2.09. The first kappa shape index (κ1) is 16.7. The van der Waals surface area contributed by atoms with E-state index in [9.17, 15) is 13.2 Å². The predicted molar refractivity (Wildman–Crippen MR) is 82.4 cm³/mol. The molecule has 0 saturated carbocycles. The maximum Gasteiger partial charge on any atom is 0.410 e. The smallest absolute Gasteiger partial charge is 0.410 e. The van der Waals surface area contributed by atoms with Crippen molar-refractivity contribution >= 4 is 15.9 Å². The topological polar surface area (TPSA) is 76.6 Å². The van der Waals surface area contributed by atoms with Crippen LogP contribution in [0.15, 0.2) is 23.4 Å². The van der Waals surface area contributed by atoms with Crippen LogP contribution in [0.3, 0.4) is 0 Å². The van der Waals surface area contributed by atoms with Crippen LogP contribution in [0.4, 0.5) is 4.79 Å². The van der Waals surface area contributed by atoms with Crippen LogP contribution < -0.4 is 0 Å². The minimum Gasteiger partial charge on any atom is -0.444 e. The highest BCUT2D eigenvalue weighted by atomic mass is 32.2. The molecule has 0 bridgehead atoms. The van der Waals surface area contributed by atoms with Gasteiger partial charge in [0.1, 0.15) is 5.60 Å². The third kappa shape index (κ3) is 3.76. The fourth-order valence-electron chi connectivity index (χ4n) is 2.27. The second kappa shape index (κ2) is 5.87. The highest BCUT2D eigenvalue weighted by Gasteiger charge is 2.38. The van der Waals surface area contributed by atoms with E-state index in [0.717, 1.165) is 5.56 Å². The Kier molecular flexibility index (Phi) is 4.47. The molecule has 1 fully saturated rings. The minimum absolute atomic E-state index is 0.0640. The van der Waals surface area contributed by atoms with Crippen molar-refractivity contribution in [3.8, 4) is 0 Å². The lowest BCUT2D eigenvalue weighted by molar-refractivity contribution is 0.0295. The molecule has 7 heteroatoms. The monoisotopic (exact) mass is 326 g/mol. The minimum atomic E-state index is -3.53. The number of amides is 1. The number of rotatable bonds is 2. The Labute approximate surface area is 131 Å². The van der Waals surface area contributed by atoms with Crippen molar-refractivity contribution in [1.82, 2.24) is 9.88 Å². The molecule has 1 aliphatic rings. The van der Waals surface area contributed by atoms with Crippen LogP contribution in [0.2, 0.25) is 0 Å². The van der Waals surface area contributed by atoms with E-state index in [1.165, 1.54) is 17.2 Å². The van der Waals surface area contributed by atoms with Gasteiger partial charge in [-0.2, -0.15) is 0 Å². The standard InChI is InChI=1S/C15H22N2O4S/c1-11-5-6-13(16-9-11)22(19,20)12-7-8-17(10-12)14(18)21-15(2,3)4/h5-6,9,12H,7-8,10H2,1-4H3. The molecule has 0 N–H and O–H groups in total. The number of pyridine rings is 1. The summed E-state index contributed by atoms with van der Waals surface area (Å²) in [6.07, 6.45) is 1.46. The highest BCUT2D eigenvalue weighted by molar-refractivity contribution is 7.92. The molecule has 1 aromatic heterocycles. The average molecular weight is 326 g/mol. The highest BCUT2D eigenvalue weighted by Crippen LogP contribution is 2.24. The Hall–Kier alpha value is -1.63. The number of likely N-dealkylation sites (tertiary alicyclic amines) is 1. The Morgan fingerprint density at radius 3 is 2.59 bits per heavy atom. The molecule has 1 saturated heterocycles. The number of hydrogen-bond donors (Lipinski definition) is 0. The summed E-state index contributed by atoms with van der Waals surface area (Å²) in [4.78, 5) is 17.5. The zero-order valence-corrected chi connectivity index (χ0v) is 14.2. The van der Waals surface area contributed by atoms with Gasteiger partial charge in [-0.3, -0.25) is 0 Å². The zero-order chi connectivity index (χ0) is 16.5. The lowest BCUT2D eigenvalue weighted by Crippen LogP contribution is -2.36. The van der Waals surface area contributed by atoms with Crippen LogP contribution in [-0.2, 0) is 14.6 Å². The SMILES string of the molecule is Cc1ccc(S(=O)(=O)C2CCN(C(=O)OC(C)(C)C)C2)nc1. The number of carbonyl (C=O) groups is 1. The van der Waals surface area contributed by atoms with Crippen LogP contribution in [0.5, 0.6) is 0 Å². The van der Waals surface area contributed by atoms with E-state index in [1.807, 2.05) is 6.92 Å². The molecule has 0 spiro atoms. The second-order valence-corrected chi connectivity index (χ2v) is 8.73. The van der Waals surface area contributed by atoms with Gasteiger partial charge in [0, 0.05) is 19.3 Å². The van der Waals surface area contributed by atoms with Gasteiger partial charge in [-0.05, 0) is 45.7 Å². The van der Waals surface area contributed by atoms with Crippen molar-refractivity contribution < 1.29 is 17.9 Å². The molecule has 22 heavy (non-hydrogen) atoms. The first-order valence-corrected chi connectivity index (χ1v) is 8.79. The molecule has 0 radical (unpaired) electrons. The molecule has 122 valence electrons. The molecule has 1 unspecified atom stereocenters. The van der Waals surface area contributed by atoms with E-state index in [-0.39, 0.29) is 11.6 Å². The first-order valence-electron chi connectivity index (χ1n) is 7.24. The first-order chi connectivity index (χ1) is 10.1. The third-order valence-corrected chi connectivity index (χ3v) is 5.50. The lowest BCUT2D eigenvalue weighted by Gasteiger charge is -2.24. The molecular formula is C15H22N2O4S. The number of ether oxygens (including phenoxy) is 1. The van der Waals surface area contributed by atoms with Gasteiger partial charge in [-0.15, -0.1) is 0 Å². The molecule has 1 amide bonds. The Morgan fingerprint density at radius 1 is 1.36 bits per heavy atom. The van der Waals surface area contributed by atoms with Crippen LogP contribution in [0.25, 0.3) is 0 Å². The molecule has 1 aliphatic heterocycles. The summed E-state index contributed by atoms with van der Waals surface area (Å²) in [5, 5.41) is -0.565. The molecule has 2 heterocycles. The molecule has 1 atom stereocenters. The number of hydrogen-bond acceptors (Lipinski definition) is 5. The number of aromatic nitrogens is 1. The largest absolute Gasteiger partial charge is 0.444 e. The summed E-state index contributed by atoms with van der Waals surface area (Å²) in [5.74, 6) is 0. The zero-order valence-electron chi connectivity index (χ0n) is 13.4. The van der Waals surface area contributed by atoms with Crippen molar-refractivity contribution in [3.63, 3.8) is 0 Å². The van der Waals surface area contributed by atoms with Crippen molar-refractivity contribution in [2.75, 3.05) is 13.1 Å². The van der Waals surface area contributed by atoms with Gasteiger partial charge in [0.25, 0.3) is 0 Å². The summed E-state index contributed by atoms with van der Waals surface area (Å²) in [6, 6.07) is 3.24. The molecule has 2 rings (SSSR count). The normalized spacial score (nSPS) is 19.3. The van der Waals surface area contributed by atoms with E-state index >= 15 is 0 Å². The number of sulfone groups is 1. The summed E-state index contributed by atoms with van der Waals surface area (Å²) in [7, 11) is -3.53. The molecule has 1 aromatic rings. The second-order valence-electron chi connectivity index (χ2n) is 6.56. The fourth-order valence-corrected chi connectivity index (χ4v) is 3.86. The van der Waals surface area contributed by atoms with E-state index < -0.39 is 26.8 Å². The van der Waals surface area contributed by atoms with Crippen LogP contribution in [0, 0.1) is 6.92 Å². The fraction of sp³-hybridized carbons (Fsp3) is 0.600. The summed E-state index contributed by atoms with van der Waals surface area (Å²) < 4.78 is 30.4. The maximum atomic E-state index is 12.6. The van der Waals surface area contributed by atoms with Crippen molar-refractivity contribution in [2.45, 2.75) is 50.0 Å². The van der Waals surface area contributed by atoms with Gasteiger partial charge in [0.15, 0.2) is 14.9 Å². The predicted octanol–water partition coefficient (Wildman–Crippen LogP) is 2.17. The van der Waals surface area contributed by atoms with Crippen LogP contribution in [-0.4, -0.2) is 48.3 Å². The molecule has 0 aromatic carbocycles. The van der Waals surface area contributed by atoms with Gasteiger partial charge in [-0.25, -0.2) is 18.2 Å². The summed E-state index contributed by atoms with van der Waals surface area (Å²) >= 11 is 0. The molecular weight excluding hydrogens is 304 g/mol. The van der Waals surface area contributed by atoms with Gasteiger partial charge < -0.3 is 9.64 Å². The van der Waals surface area contributed by atoms with Crippen LogP contribution >= 0.6 is 0 Å². The van der Waals surface area contributed by atoms with Gasteiger partial charge in [-0.1, -0.05) is 6.07 Å². The Morgan fingerprint density at radius 2 is 2.05 bits per heavy atom. The van der Waals surface area contributed by atoms with E-state index in [2.05, 4.69) is 4.98 Å². The van der Waals surface area contributed by atoms with Crippen LogP contribution in [0.1, 0.15) is 32.8 Å². The number of nitrogens with zero attached hydrogens (tertiary/aromatic N) is 2. The van der Waals surface area contributed by atoms with Gasteiger partial charge in [0.05, 0.1) is 5.25 Å². The summed E-state index contributed by atoms with van der Waals surface area (Å²) in [5.41, 5.74) is 0.313. The van der Waals surface area contributed by atoms with E-state index in [4.69, 9.17) is 4.74 Å². The Bertz CT molecular complexity index is 647. The molecule has 0 aliphatic carbocycles. The lowest BCUT2D eigenvalue weighted by atomic mass is 10.2. The van der Waals surface area contributed by atoms with E-state index in [1.54, 1.807) is 26.8 Å². The van der Waals surface area contributed by atoms with E-state index in [0.29, 0.717) is 13.0 Å². The average Bonchev–Trinajstić information content (AvgIpc) is 2.87. The third-order valence-electron chi connectivity index (χ3n) is 3.41. The van der Waals surface area contributed by atoms with Gasteiger partial charge >= 0.3 is 6.09 Å². The molecule has 6 nitrogen and oxygen atoms in total. The maximum absolute atomic E-state index is 12.6. The quantitative estimate of drug-likeness (QED) is 0.832. The van der Waals surface area contributed by atoms with Crippen molar-refractivity contribution in [2.24, 2.45) is 0 Å². The van der Waals surface area contributed by atoms with Crippen molar-refractivity contribution in [1.29, 1.82) is 0 Å². The number of aryl methyl sites for hydroxylation is 1. The number of carbonyl (C=O) groups excluding carboxylic acids is 1. The summed E-state index contributed by atoms with van der Waals surface area (Å²) in [6.45, 7) is 7.73.